The molecule has 2 aromatic rings. The Balaban J connectivity index is 1.73. The molecular formula is C25H35N3O3. The van der Waals surface area contributed by atoms with E-state index in [1.165, 1.54) is 5.56 Å². The molecule has 31 heavy (non-hydrogen) atoms. The van der Waals surface area contributed by atoms with Gasteiger partial charge >= 0.3 is 6.09 Å². The maximum atomic E-state index is 12.5. The molecule has 0 saturated heterocycles. The molecule has 1 saturated carbocycles. The Morgan fingerprint density at radius 2 is 1.71 bits per heavy atom. The van der Waals surface area contributed by atoms with Gasteiger partial charge in [0.1, 0.15) is 5.60 Å². The topological polar surface area (TPSA) is 54.9 Å². The number of pyridine rings is 1. The third-order valence-electron chi connectivity index (χ3n) is 5.82. The molecule has 1 aromatic heterocycles. The first-order valence-corrected chi connectivity index (χ1v) is 11.0. The largest absolute Gasteiger partial charge is 0.493 e. The molecule has 0 aliphatic heterocycles. The van der Waals surface area contributed by atoms with E-state index in [4.69, 9.17) is 9.47 Å². The van der Waals surface area contributed by atoms with Gasteiger partial charge in [-0.1, -0.05) is 30.3 Å². The van der Waals surface area contributed by atoms with Gasteiger partial charge in [-0.3, -0.25) is 4.98 Å². The van der Waals surface area contributed by atoms with Gasteiger partial charge in [0.25, 0.3) is 0 Å². The van der Waals surface area contributed by atoms with Crippen molar-refractivity contribution < 1.29 is 14.3 Å². The van der Waals surface area contributed by atoms with E-state index < -0.39 is 5.60 Å². The van der Waals surface area contributed by atoms with Crippen molar-refractivity contribution in [1.29, 1.82) is 0 Å². The van der Waals surface area contributed by atoms with Gasteiger partial charge in [0.15, 0.2) is 5.75 Å². The molecule has 0 N–H and O–H groups in total. The van der Waals surface area contributed by atoms with Crippen LogP contribution in [0.25, 0.3) is 0 Å². The summed E-state index contributed by atoms with van der Waals surface area (Å²) in [5.74, 6) is 0.784. The van der Waals surface area contributed by atoms with Crippen LogP contribution in [0.5, 0.6) is 5.75 Å². The second-order valence-corrected chi connectivity index (χ2v) is 9.21. The molecule has 0 radical (unpaired) electrons. The van der Waals surface area contributed by atoms with E-state index in [0.717, 1.165) is 43.7 Å². The molecule has 0 bridgehead atoms. The van der Waals surface area contributed by atoms with Crippen LogP contribution in [0, 0.1) is 0 Å². The molecule has 168 valence electrons. The number of carbonyl (C=O) groups excluding carboxylic acids is 1. The number of methoxy groups -OCH3 is 1. The number of aromatic nitrogens is 1. The van der Waals surface area contributed by atoms with Gasteiger partial charge in [-0.2, -0.15) is 0 Å². The first-order chi connectivity index (χ1) is 14.8. The molecule has 1 fully saturated rings. The zero-order valence-electron chi connectivity index (χ0n) is 19.4. The molecular weight excluding hydrogens is 390 g/mol. The van der Waals surface area contributed by atoms with Crippen molar-refractivity contribution in [3.05, 3.63) is 54.4 Å². The van der Waals surface area contributed by atoms with Crippen LogP contribution in [0.4, 0.5) is 10.5 Å². The number of nitrogens with zero attached hydrogens (tertiary/aromatic N) is 3. The van der Waals surface area contributed by atoms with E-state index in [9.17, 15) is 4.79 Å². The number of hydrogen-bond donors (Lipinski definition) is 0. The first-order valence-electron chi connectivity index (χ1n) is 11.0. The van der Waals surface area contributed by atoms with Crippen LogP contribution in [0.3, 0.4) is 0 Å². The average Bonchev–Trinajstić information content (AvgIpc) is 2.76. The quantitative estimate of drug-likeness (QED) is 0.631. The van der Waals surface area contributed by atoms with Crippen LogP contribution in [0.15, 0.2) is 48.8 Å². The first kappa shape index (κ1) is 22.9. The van der Waals surface area contributed by atoms with Crippen LogP contribution in [0.2, 0.25) is 0 Å². The highest BCUT2D eigenvalue weighted by Gasteiger charge is 2.32. The van der Waals surface area contributed by atoms with E-state index >= 15 is 0 Å². The highest BCUT2D eigenvalue weighted by molar-refractivity contribution is 5.68. The van der Waals surface area contributed by atoms with Gasteiger partial charge < -0.3 is 19.3 Å². The number of benzene rings is 1. The molecule has 1 aromatic carbocycles. The monoisotopic (exact) mass is 425 g/mol. The van der Waals surface area contributed by atoms with Crippen LogP contribution in [-0.4, -0.2) is 47.8 Å². The van der Waals surface area contributed by atoms with Gasteiger partial charge in [-0.15, -0.1) is 0 Å². The highest BCUT2D eigenvalue weighted by atomic mass is 16.6. The molecule has 1 amide bonds. The van der Waals surface area contributed by atoms with Crippen molar-refractivity contribution in [2.24, 2.45) is 0 Å². The van der Waals surface area contributed by atoms with Crippen molar-refractivity contribution in [2.45, 2.75) is 70.7 Å². The molecule has 6 heteroatoms. The molecule has 1 aliphatic rings. The van der Waals surface area contributed by atoms with Crippen LogP contribution in [0.1, 0.15) is 52.0 Å². The molecule has 0 spiro atoms. The predicted molar refractivity (Wildman–Crippen MR) is 123 cm³/mol. The molecule has 1 aliphatic carbocycles. The fourth-order valence-corrected chi connectivity index (χ4v) is 4.20. The highest BCUT2D eigenvalue weighted by Crippen LogP contribution is 2.35. The van der Waals surface area contributed by atoms with Crippen molar-refractivity contribution in [2.75, 3.05) is 19.1 Å². The summed E-state index contributed by atoms with van der Waals surface area (Å²) in [5.41, 5.74) is 1.84. The predicted octanol–water partition coefficient (Wildman–Crippen LogP) is 5.27. The molecule has 3 rings (SSSR count). The lowest BCUT2D eigenvalue weighted by molar-refractivity contribution is 0.0182. The van der Waals surface area contributed by atoms with Gasteiger partial charge in [0.2, 0.25) is 0 Å². The third kappa shape index (κ3) is 6.12. The second-order valence-electron chi connectivity index (χ2n) is 9.21. The summed E-state index contributed by atoms with van der Waals surface area (Å²) in [6, 6.07) is 13.1. The van der Waals surface area contributed by atoms with Gasteiger partial charge in [-0.25, -0.2) is 4.79 Å². The summed E-state index contributed by atoms with van der Waals surface area (Å²) in [5, 5.41) is 0. The Morgan fingerprint density at radius 3 is 2.32 bits per heavy atom. The summed E-state index contributed by atoms with van der Waals surface area (Å²) in [7, 11) is 3.54. The Hall–Kier alpha value is -2.76. The minimum Gasteiger partial charge on any atom is -0.493 e. The van der Waals surface area contributed by atoms with E-state index in [2.05, 4.69) is 34.1 Å². The van der Waals surface area contributed by atoms with Gasteiger partial charge in [0, 0.05) is 31.9 Å². The lowest BCUT2D eigenvalue weighted by Crippen LogP contribution is -2.46. The number of carbonyl (C=O) groups is 1. The molecule has 0 unspecified atom stereocenters. The summed E-state index contributed by atoms with van der Waals surface area (Å²) in [6.45, 7) is 6.51. The van der Waals surface area contributed by atoms with Crippen molar-refractivity contribution in [3.8, 4) is 5.75 Å². The van der Waals surface area contributed by atoms with E-state index in [0.29, 0.717) is 6.04 Å². The average molecular weight is 426 g/mol. The van der Waals surface area contributed by atoms with Crippen molar-refractivity contribution >= 4 is 11.8 Å². The number of rotatable bonds is 6. The Bertz CT molecular complexity index is 843. The smallest absolute Gasteiger partial charge is 0.410 e. The number of anilines is 1. The molecule has 6 nitrogen and oxygen atoms in total. The molecule has 0 atom stereocenters. The maximum Gasteiger partial charge on any atom is 0.410 e. The third-order valence-corrected chi connectivity index (χ3v) is 5.82. The zero-order valence-corrected chi connectivity index (χ0v) is 19.4. The minimum atomic E-state index is -0.479. The summed E-state index contributed by atoms with van der Waals surface area (Å²) in [6.07, 6.45) is 7.23. The zero-order chi connectivity index (χ0) is 22.4. The van der Waals surface area contributed by atoms with Crippen LogP contribution < -0.4 is 9.64 Å². The number of hydrogen-bond acceptors (Lipinski definition) is 5. The van der Waals surface area contributed by atoms with Crippen LogP contribution in [-0.2, 0) is 11.3 Å². The summed E-state index contributed by atoms with van der Waals surface area (Å²) >= 11 is 0. The van der Waals surface area contributed by atoms with E-state index in [1.54, 1.807) is 18.2 Å². The van der Waals surface area contributed by atoms with Gasteiger partial charge in [-0.05, 0) is 58.1 Å². The maximum absolute atomic E-state index is 12.5. The fourth-order valence-electron chi connectivity index (χ4n) is 4.20. The normalized spacial score (nSPS) is 18.9. The van der Waals surface area contributed by atoms with E-state index in [-0.39, 0.29) is 12.1 Å². The SMILES string of the molecule is COc1cnccc1N(Cc1ccccc1)C1CCC(N(C)C(=O)OC(C)(C)C)CC1. The standard InChI is InChI=1S/C25H35N3O3/c1-25(2,3)31-24(29)27(4)20-11-13-21(14-12-20)28(18-19-9-7-6-8-10-19)22-15-16-26-17-23(22)30-5/h6-10,15-17,20-21H,11-14,18H2,1-5H3. The fraction of sp³-hybridized carbons (Fsp3) is 0.520. The molecule has 1 heterocycles. The summed E-state index contributed by atoms with van der Waals surface area (Å²) in [4.78, 5) is 20.9. The van der Waals surface area contributed by atoms with Crippen molar-refractivity contribution in [3.63, 3.8) is 0 Å². The van der Waals surface area contributed by atoms with Gasteiger partial charge in [0.05, 0.1) is 19.0 Å². The van der Waals surface area contributed by atoms with Crippen molar-refractivity contribution in [1.82, 2.24) is 9.88 Å². The van der Waals surface area contributed by atoms with E-state index in [1.807, 2.05) is 46.1 Å². The Labute approximate surface area is 186 Å². The Kier molecular flexibility index (Phi) is 7.42. The number of ether oxygens (including phenoxy) is 2. The Morgan fingerprint density at radius 1 is 1.06 bits per heavy atom. The summed E-state index contributed by atoms with van der Waals surface area (Å²) < 4.78 is 11.2. The second kappa shape index (κ2) is 10.0. The van der Waals surface area contributed by atoms with Crippen LogP contribution >= 0.6 is 0 Å². The number of amides is 1. The lowest BCUT2D eigenvalue weighted by Gasteiger charge is -2.41. The lowest BCUT2D eigenvalue weighted by atomic mass is 9.89. The minimum absolute atomic E-state index is 0.198.